The fourth-order valence-corrected chi connectivity index (χ4v) is 1.78. The van der Waals surface area contributed by atoms with E-state index < -0.39 is 18.3 Å². The Balaban J connectivity index is 3.17. The molecule has 0 aromatic rings. The molecule has 0 fully saturated rings. The number of rotatable bonds is 8. The summed E-state index contributed by atoms with van der Waals surface area (Å²) >= 11 is 1.47. The molecule has 0 aromatic carbocycles. The Morgan fingerprint density at radius 1 is 1.36 bits per heavy atom. The van der Waals surface area contributed by atoms with Gasteiger partial charge in [-0.1, -0.05) is 0 Å². The average molecular weight is 223 g/mol. The Bertz CT molecular complexity index is 165. The van der Waals surface area contributed by atoms with Crippen LogP contribution in [0.2, 0.25) is 0 Å². The first kappa shape index (κ1) is 13.7. The molecule has 0 unspecified atom stereocenters. The van der Waals surface area contributed by atoms with E-state index in [9.17, 15) is 4.79 Å². The minimum atomic E-state index is -1.23. The number of unbranched alkanes of at least 4 members (excludes halogenated alkanes) is 1. The fourth-order valence-electron chi connectivity index (χ4n) is 0.813. The third-order valence-corrected chi connectivity index (χ3v) is 2.79. The number of carboxylic acid groups (broad SMARTS) is 1. The van der Waals surface area contributed by atoms with Gasteiger partial charge in [0.1, 0.15) is 6.04 Å². The Kier molecular flexibility index (Phi) is 7.87. The smallest absolute Gasteiger partial charge is 0.321 e. The summed E-state index contributed by atoms with van der Waals surface area (Å²) < 4.78 is 0. The summed E-state index contributed by atoms with van der Waals surface area (Å²) in [5.74, 6) is 0.216. The van der Waals surface area contributed by atoms with Crippen LogP contribution in [0.3, 0.4) is 0 Å². The number of aliphatic hydroxyl groups is 2. The highest BCUT2D eigenvalue weighted by Gasteiger charge is 2.10. The number of aliphatic carboxylic acids is 1. The predicted octanol–water partition coefficient (Wildman–Crippen LogP) is -0.388. The fraction of sp³-hybridized carbons (Fsp3) is 0.875. The summed E-state index contributed by atoms with van der Waals surface area (Å²) in [6.07, 6.45) is 0.703. The van der Waals surface area contributed by atoms with Crippen molar-refractivity contribution in [2.24, 2.45) is 5.73 Å². The van der Waals surface area contributed by atoms with E-state index in [1.807, 2.05) is 0 Å². The van der Waals surface area contributed by atoms with Crippen molar-refractivity contribution >= 4 is 17.7 Å². The van der Waals surface area contributed by atoms with E-state index >= 15 is 0 Å². The lowest BCUT2D eigenvalue weighted by Crippen LogP contribution is -2.32. The lowest BCUT2D eigenvalue weighted by Gasteiger charge is -2.06. The van der Waals surface area contributed by atoms with Crippen molar-refractivity contribution in [1.29, 1.82) is 0 Å². The minimum Gasteiger partial charge on any atom is -0.480 e. The molecule has 0 amide bonds. The highest BCUT2D eigenvalue weighted by molar-refractivity contribution is 7.99. The molecule has 14 heavy (non-hydrogen) atoms. The molecule has 0 saturated heterocycles. The van der Waals surface area contributed by atoms with Crippen molar-refractivity contribution in [2.45, 2.75) is 31.6 Å². The molecule has 84 valence electrons. The second-order valence-corrected chi connectivity index (χ2v) is 4.15. The second kappa shape index (κ2) is 8.05. The van der Waals surface area contributed by atoms with E-state index in [0.29, 0.717) is 12.2 Å². The first-order valence-electron chi connectivity index (χ1n) is 4.46. The van der Waals surface area contributed by atoms with Gasteiger partial charge < -0.3 is 21.1 Å². The van der Waals surface area contributed by atoms with E-state index in [4.69, 9.17) is 21.1 Å². The molecule has 0 spiro atoms. The van der Waals surface area contributed by atoms with Crippen molar-refractivity contribution in [3.63, 3.8) is 0 Å². The Morgan fingerprint density at radius 2 is 2.00 bits per heavy atom. The van der Waals surface area contributed by atoms with Crippen LogP contribution in [0.25, 0.3) is 0 Å². The molecule has 0 radical (unpaired) electrons. The zero-order valence-corrected chi connectivity index (χ0v) is 8.74. The van der Waals surface area contributed by atoms with Gasteiger partial charge in [0.15, 0.2) is 6.29 Å². The van der Waals surface area contributed by atoms with Gasteiger partial charge in [-0.3, -0.25) is 4.79 Å². The third-order valence-electron chi connectivity index (χ3n) is 1.62. The Labute approximate surface area is 87.3 Å². The van der Waals surface area contributed by atoms with Gasteiger partial charge >= 0.3 is 5.97 Å². The molecule has 0 aliphatic heterocycles. The highest BCUT2D eigenvalue weighted by atomic mass is 32.2. The second-order valence-electron chi connectivity index (χ2n) is 3.00. The highest BCUT2D eigenvalue weighted by Crippen LogP contribution is 2.08. The minimum absolute atomic E-state index is 0.367. The van der Waals surface area contributed by atoms with Gasteiger partial charge in [-0.05, 0) is 25.0 Å². The molecule has 0 aliphatic carbocycles. The van der Waals surface area contributed by atoms with Gasteiger partial charge in [0.2, 0.25) is 0 Å². The van der Waals surface area contributed by atoms with Gasteiger partial charge in [0.05, 0.1) is 0 Å². The molecule has 0 heterocycles. The maximum absolute atomic E-state index is 10.3. The number of nitrogens with two attached hydrogens (primary N) is 1. The third kappa shape index (κ3) is 8.31. The van der Waals surface area contributed by atoms with Crippen molar-refractivity contribution in [3.05, 3.63) is 0 Å². The van der Waals surface area contributed by atoms with E-state index in [0.717, 1.165) is 18.6 Å². The van der Waals surface area contributed by atoms with Gasteiger partial charge in [-0.25, -0.2) is 0 Å². The average Bonchev–Trinajstić information content (AvgIpc) is 2.09. The number of carboxylic acids is 1. The maximum atomic E-state index is 10.3. The normalized spacial score (nSPS) is 13.1. The van der Waals surface area contributed by atoms with Crippen molar-refractivity contribution in [1.82, 2.24) is 0 Å². The summed E-state index contributed by atoms with van der Waals surface area (Å²) in [4.78, 5) is 10.3. The SMILES string of the molecule is N[C@@H](CSCCCCC(O)O)C(=O)O. The molecular formula is C8H17NO4S. The molecule has 0 aromatic heterocycles. The van der Waals surface area contributed by atoms with Crippen LogP contribution in [0.15, 0.2) is 0 Å². The standard InChI is InChI=1S/C8H17NO4S/c9-6(8(12)13)5-14-4-2-1-3-7(10)11/h6-7,10-11H,1-5,9H2,(H,12,13)/t6-/m0/s1. The van der Waals surface area contributed by atoms with Crippen LogP contribution >= 0.6 is 11.8 Å². The summed E-state index contributed by atoms with van der Waals surface area (Å²) in [5, 5.41) is 25.5. The molecule has 5 N–H and O–H groups in total. The number of hydrogen-bond acceptors (Lipinski definition) is 5. The molecular weight excluding hydrogens is 206 g/mol. The van der Waals surface area contributed by atoms with E-state index in [1.165, 1.54) is 11.8 Å². The molecule has 0 rings (SSSR count). The van der Waals surface area contributed by atoms with Crippen LogP contribution in [0, 0.1) is 0 Å². The van der Waals surface area contributed by atoms with E-state index in [-0.39, 0.29) is 0 Å². The predicted molar refractivity (Wildman–Crippen MR) is 55.0 cm³/mol. The van der Waals surface area contributed by atoms with Crippen LogP contribution in [0.1, 0.15) is 19.3 Å². The van der Waals surface area contributed by atoms with Gasteiger partial charge in [-0.15, -0.1) is 0 Å². The first-order valence-corrected chi connectivity index (χ1v) is 5.61. The summed E-state index contributed by atoms with van der Waals surface area (Å²) in [5.41, 5.74) is 5.28. The zero-order chi connectivity index (χ0) is 11.0. The molecule has 0 aliphatic rings. The van der Waals surface area contributed by atoms with Crippen molar-refractivity contribution < 1.29 is 20.1 Å². The molecule has 0 saturated carbocycles. The van der Waals surface area contributed by atoms with Crippen LogP contribution in [-0.2, 0) is 4.79 Å². The van der Waals surface area contributed by atoms with Crippen LogP contribution in [0.5, 0.6) is 0 Å². The van der Waals surface area contributed by atoms with Gasteiger partial charge in [0.25, 0.3) is 0 Å². The summed E-state index contributed by atoms with van der Waals surface area (Å²) in [6.45, 7) is 0. The Hall–Kier alpha value is -0.300. The molecule has 5 nitrogen and oxygen atoms in total. The monoisotopic (exact) mass is 223 g/mol. The van der Waals surface area contributed by atoms with Crippen LogP contribution in [0.4, 0.5) is 0 Å². The van der Waals surface area contributed by atoms with Crippen molar-refractivity contribution in [2.75, 3.05) is 11.5 Å². The first-order chi connectivity index (χ1) is 6.54. The van der Waals surface area contributed by atoms with Crippen LogP contribution in [-0.4, -0.2) is 45.1 Å². The number of aliphatic hydroxyl groups excluding tert-OH is 1. The molecule has 0 bridgehead atoms. The number of carbonyl (C=O) groups is 1. The van der Waals surface area contributed by atoms with Crippen molar-refractivity contribution in [3.8, 4) is 0 Å². The van der Waals surface area contributed by atoms with Gasteiger partial charge in [0, 0.05) is 5.75 Å². The van der Waals surface area contributed by atoms with E-state index in [2.05, 4.69) is 0 Å². The Morgan fingerprint density at radius 3 is 2.50 bits per heavy atom. The lowest BCUT2D eigenvalue weighted by atomic mass is 10.2. The van der Waals surface area contributed by atoms with Crippen LogP contribution < -0.4 is 5.73 Å². The quantitative estimate of drug-likeness (QED) is 0.330. The van der Waals surface area contributed by atoms with Gasteiger partial charge in [-0.2, -0.15) is 11.8 Å². The van der Waals surface area contributed by atoms with E-state index in [1.54, 1.807) is 0 Å². The number of thioether (sulfide) groups is 1. The summed E-state index contributed by atoms with van der Waals surface area (Å²) in [6, 6.07) is -0.802. The molecule has 1 atom stereocenters. The largest absolute Gasteiger partial charge is 0.480 e. The zero-order valence-electron chi connectivity index (χ0n) is 7.93. The maximum Gasteiger partial charge on any atom is 0.321 e. The topological polar surface area (TPSA) is 104 Å². The number of hydrogen-bond donors (Lipinski definition) is 4. The molecule has 6 heteroatoms. The summed E-state index contributed by atoms with van der Waals surface area (Å²) in [7, 11) is 0. The lowest BCUT2D eigenvalue weighted by molar-refractivity contribution is -0.137.